The Morgan fingerprint density at radius 2 is 1.97 bits per heavy atom. The lowest BCUT2D eigenvalue weighted by atomic mass is 10.1. The predicted octanol–water partition coefficient (Wildman–Crippen LogP) is 5.73. The number of halogens is 4. The Bertz CT molecular complexity index is 985. The minimum atomic E-state index is -4.55. The molecule has 0 spiro atoms. The van der Waals surface area contributed by atoms with Crippen molar-refractivity contribution in [3.8, 4) is 0 Å². The number of carbonyl (C=O) groups is 2. The number of hydrogen-bond donors (Lipinski definition) is 1. The summed E-state index contributed by atoms with van der Waals surface area (Å²) in [6, 6.07) is 6.16. The van der Waals surface area contributed by atoms with Crippen molar-refractivity contribution in [1.82, 2.24) is 9.88 Å². The number of aryl methyl sites for hydroxylation is 1. The quantitative estimate of drug-likeness (QED) is 0.483. The molecule has 1 N–H and O–H groups in total. The lowest BCUT2D eigenvalue weighted by Crippen LogP contribution is -2.44. The highest BCUT2D eigenvalue weighted by Gasteiger charge is 2.32. The van der Waals surface area contributed by atoms with Crippen LogP contribution in [0.1, 0.15) is 37.0 Å². The second-order valence-electron chi connectivity index (χ2n) is 7.37. The summed E-state index contributed by atoms with van der Waals surface area (Å²) in [5.74, 6) is -0.777. The average Bonchev–Trinajstić information content (AvgIpc) is 2.73. The molecule has 32 heavy (non-hydrogen) atoms. The minimum Gasteiger partial charge on any atom is -0.330 e. The molecule has 0 unspecified atom stereocenters. The molecular formula is C22H25ClF3N3O2S. The zero-order valence-electron chi connectivity index (χ0n) is 18.2. The van der Waals surface area contributed by atoms with Gasteiger partial charge in [0.25, 0.3) is 0 Å². The van der Waals surface area contributed by atoms with E-state index >= 15 is 0 Å². The zero-order valence-corrected chi connectivity index (χ0v) is 19.8. The van der Waals surface area contributed by atoms with Crippen LogP contribution >= 0.6 is 23.4 Å². The van der Waals surface area contributed by atoms with Crippen molar-refractivity contribution < 1.29 is 22.8 Å². The summed E-state index contributed by atoms with van der Waals surface area (Å²) in [4.78, 5) is 30.6. The van der Waals surface area contributed by atoms with Gasteiger partial charge in [-0.1, -0.05) is 42.4 Å². The number of carbonyl (C=O) groups excluding carboxylic acids is 2. The molecule has 0 aliphatic rings. The van der Waals surface area contributed by atoms with Gasteiger partial charge in [0.2, 0.25) is 11.8 Å². The molecule has 2 rings (SSSR count). The number of aromatic nitrogens is 1. The summed E-state index contributed by atoms with van der Waals surface area (Å²) in [5, 5.41) is 2.78. The molecule has 2 amide bonds. The molecule has 0 radical (unpaired) electrons. The van der Waals surface area contributed by atoms with Crippen molar-refractivity contribution in [3.63, 3.8) is 0 Å². The summed E-state index contributed by atoms with van der Waals surface area (Å²) < 4.78 is 38.3. The van der Waals surface area contributed by atoms with Crippen molar-refractivity contribution in [1.29, 1.82) is 0 Å². The van der Waals surface area contributed by atoms with Gasteiger partial charge in [-0.15, -0.1) is 0 Å². The van der Waals surface area contributed by atoms with Crippen LogP contribution in [-0.4, -0.2) is 40.0 Å². The number of anilines is 1. The highest BCUT2D eigenvalue weighted by atomic mass is 35.5. The highest BCUT2D eigenvalue weighted by molar-refractivity contribution is 8.00. The summed E-state index contributed by atoms with van der Waals surface area (Å²) in [5.41, 5.74) is 1.71. The number of benzene rings is 1. The number of nitrogens with zero attached hydrogens (tertiary/aromatic N) is 2. The number of amides is 2. The predicted molar refractivity (Wildman–Crippen MR) is 121 cm³/mol. The largest absolute Gasteiger partial charge is 0.417 e. The molecule has 1 heterocycles. The fourth-order valence-electron chi connectivity index (χ4n) is 2.84. The van der Waals surface area contributed by atoms with Gasteiger partial charge in [-0.05, 0) is 50.5 Å². The van der Waals surface area contributed by atoms with E-state index in [1.807, 2.05) is 39.8 Å². The Labute approximate surface area is 194 Å². The Kier molecular flexibility index (Phi) is 8.98. The van der Waals surface area contributed by atoms with Gasteiger partial charge >= 0.3 is 6.18 Å². The van der Waals surface area contributed by atoms with Gasteiger partial charge in [-0.25, -0.2) is 4.98 Å². The molecule has 0 bridgehead atoms. The monoisotopic (exact) mass is 487 g/mol. The molecule has 2 aromatic rings. The standard InChI is InChI=1S/C22H25ClF3N3O2S/c1-5-14(3)29(11-19(30)28-18-8-6-7-13(2)15(18)4)20(31)12-32-21-17(23)9-16(10-27-21)22(24,25)26/h6-10,14H,5,11-12H2,1-4H3,(H,28,30)/t14-/m0/s1. The van der Waals surface area contributed by atoms with Gasteiger partial charge in [-0.3, -0.25) is 9.59 Å². The first kappa shape index (κ1) is 26.0. The third kappa shape index (κ3) is 6.87. The van der Waals surface area contributed by atoms with E-state index in [-0.39, 0.29) is 40.2 Å². The molecular weight excluding hydrogens is 463 g/mol. The first-order chi connectivity index (χ1) is 14.9. The third-order valence-electron chi connectivity index (χ3n) is 5.10. The van der Waals surface area contributed by atoms with Crippen molar-refractivity contribution in [3.05, 3.63) is 52.2 Å². The van der Waals surface area contributed by atoms with Crippen molar-refractivity contribution in [2.45, 2.75) is 51.4 Å². The maximum atomic E-state index is 12.8. The molecule has 1 aromatic heterocycles. The summed E-state index contributed by atoms with van der Waals surface area (Å²) in [7, 11) is 0. The van der Waals surface area contributed by atoms with Gasteiger partial charge in [-0.2, -0.15) is 13.2 Å². The van der Waals surface area contributed by atoms with Crippen LogP contribution in [0, 0.1) is 13.8 Å². The Morgan fingerprint density at radius 1 is 1.28 bits per heavy atom. The Balaban J connectivity index is 2.06. The summed E-state index contributed by atoms with van der Waals surface area (Å²) in [6.45, 7) is 7.43. The maximum Gasteiger partial charge on any atom is 0.417 e. The molecule has 0 saturated carbocycles. The molecule has 1 atom stereocenters. The second-order valence-corrected chi connectivity index (χ2v) is 8.74. The highest BCUT2D eigenvalue weighted by Crippen LogP contribution is 2.33. The van der Waals surface area contributed by atoms with Crippen LogP contribution in [0.15, 0.2) is 35.5 Å². The van der Waals surface area contributed by atoms with Crippen LogP contribution < -0.4 is 5.32 Å². The van der Waals surface area contributed by atoms with Gasteiger partial charge in [0.1, 0.15) is 11.6 Å². The van der Waals surface area contributed by atoms with E-state index in [0.29, 0.717) is 18.3 Å². The van der Waals surface area contributed by atoms with Crippen LogP contribution in [0.2, 0.25) is 5.02 Å². The van der Waals surface area contributed by atoms with E-state index in [2.05, 4.69) is 10.3 Å². The molecule has 1 aromatic carbocycles. The number of hydrogen-bond acceptors (Lipinski definition) is 4. The first-order valence-corrected chi connectivity index (χ1v) is 11.3. The van der Waals surface area contributed by atoms with Gasteiger partial charge in [0.05, 0.1) is 16.3 Å². The zero-order chi connectivity index (χ0) is 24.1. The molecule has 0 fully saturated rings. The Morgan fingerprint density at radius 3 is 2.56 bits per heavy atom. The average molecular weight is 488 g/mol. The van der Waals surface area contributed by atoms with E-state index in [1.54, 1.807) is 6.07 Å². The summed E-state index contributed by atoms with van der Waals surface area (Å²) >= 11 is 6.85. The molecule has 0 aliphatic heterocycles. The molecule has 174 valence electrons. The van der Waals surface area contributed by atoms with Crippen molar-refractivity contribution in [2.75, 3.05) is 17.6 Å². The van der Waals surface area contributed by atoms with E-state index in [1.165, 1.54) is 4.90 Å². The number of nitrogens with one attached hydrogen (secondary N) is 1. The van der Waals surface area contributed by atoms with E-state index < -0.39 is 11.7 Å². The van der Waals surface area contributed by atoms with Crippen molar-refractivity contribution >= 4 is 40.9 Å². The minimum absolute atomic E-state index is 0.112. The van der Waals surface area contributed by atoms with Gasteiger partial charge < -0.3 is 10.2 Å². The van der Waals surface area contributed by atoms with Crippen LogP contribution in [-0.2, 0) is 15.8 Å². The number of alkyl halides is 3. The van der Waals surface area contributed by atoms with Crippen molar-refractivity contribution in [2.24, 2.45) is 0 Å². The molecule has 5 nitrogen and oxygen atoms in total. The normalized spacial score (nSPS) is 12.4. The molecule has 0 saturated heterocycles. The smallest absolute Gasteiger partial charge is 0.330 e. The second kappa shape index (κ2) is 11.0. The van der Waals surface area contributed by atoms with Crippen LogP contribution in [0.25, 0.3) is 0 Å². The lowest BCUT2D eigenvalue weighted by molar-refractivity contribution is -0.138. The lowest BCUT2D eigenvalue weighted by Gasteiger charge is -2.28. The third-order valence-corrected chi connectivity index (χ3v) is 6.49. The topological polar surface area (TPSA) is 62.3 Å². The van der Waals surface area contributed by atoms with E-state index in [9.17, 15) is 22.8 Å². The summed E-state index contributed by atoms with van der Waals surface area (Å²) in [6.07, 6.45) is -3.23. The van der Waals surface area contributed by atoms with E-state index in [0.717, 1.165) is 29.0 Å². The van der Waals surface area contributed by atoms with Crippen LogP contribution in [0.3, 0.4) is 0 Å². The molecule has 0 aliphatic carbocycles. The van der Waals surface area contributed by atoms with E-state index in [4.69, 9.17) is 11.6 Å². The number of rotatable bonds is 8. The number of thioether (sulfide) groups is 1. The van der Waals surface area contributed by atoms with Gasteiger partial charge in [0.15, 0.2) is 0 Å². The fourth-order valence-corrected chi connectivity index (χ4v) is 3.92. The number of pyridine rings is 1. The fraction of sp³-hybridized carbons (Fsp3) is 0.409. The van der Waals surface area contributed by atoms with Crippen LogP contribution in [0.4, 0.5) is 18.9 Å². The Hall–Kier alpha value is -2.26. The van der Waals surface area contributed by atoms with Crippen LogP contribution in [0.5, 0.6) is 0 Å². The first-order valence-electron chi connectivity index (χ1n) is 9.95. The SMILES string of the molecule is CC[C@H](C)N(CC(=O)Nc1cccc(C)c1C)C(=O)CSc1ncc(C(F)(F)F)cc1Cl. The maximum absolute atomic E-state index is 12.8. The molecule has 10 heteroatoms. The van der Waals surface area contributed by atoms with Gasteiger partial charge in [0, 0.05) is 17.9 Å².